The molecule has 1 aliphatic heterocycles. The van der Waals surface area contributed by atoms with Gasteiger partial charge in [-0.3, -0.25) is 14.6 Å². The number of carbonyl (C=O) groups is 2. The van der Waals surface area contributed by atoms with E-state index >= 15 is 0 Å². The number of hydrogen-bond donors (Lipinski definition) is 1. The second-order valence-electron chi connectivity index (χ2n) is 4.37. The predicted octanol–water partition coefficient (Wildman–Crippen LogP) is 0.874. The van der Waals surface area contributed by atoms with Crippen molar-refractivity contribution in [2.24, 2.45) is 11.8 Å². The summed E-state index contributed by atoms with van der Waals surface area (Å²) in [5.74, 6) is -1.45. The van der Waals surface area contributed by atoms with Gasteiger partial charge in [0.15, 0.2) is 0 Å². The first-order valence-corrected chi connectivity index (χ1v) is 5.51. The van der Waals surface area contributed by atoms with Gasteiger partial charge in [-0.25, -0.2) is 0 Å². The highest BCUT2D eigenvalue weighted by atomic mass is 16.4. The first-order valence-electron chi connectivity index (χ1n) is 5.51. The molecule has 0 unspecified atom stereocenters. The number of pyridine rings is 1. The third-order valence-electron chi connectivity index (χ3n) is 3.13. The Bertz CT molecular complexity index is 433. The number of nitrogens with zero attached hydrogens (tertiary/aromatic N) is 2. The summed E-state index contributed by atoms with van der Waals surface area (Å²) >= 11 is 0. The van der Waals surface area contributed by atoms with Crippen LogP contribution in [0.5, 0.6) is 0 Å². The summed E-state index contributed by atoms with van der Waals surface area (Å²) < 4.78 is 0. The minimum Gasteiger partial charge on any atom is -0.481 e. The van der Waals surface area contributed by atoms with Gasteiger partial charge >= 0.3 is 5.97 Å². The van der Waals surface area contributed by atoms with Crippen LogP contribution in [-0.4, -0.2) is 40.0 Å². The highest BCUT2D eigenvalue weighted by molar-refractivity contribution is 5.94. The van der Waals surface area contributed by atoms with Gasteiger partial charge in [-0.15, -0.1) is 0 Å². The number of carbonyl (C=O) groups excluding carboxylic acids is 1. The molecule has 1 saturated heterocycles. The van der Waals surface area contributed by atoms with E-state index in [2.05, 4.69) is 4.98 Å². The smallest absolute Gasteiger partial charge is 0.308 e. The predicted molar refractivity (Wildman–Crippen MR) is 60.4 cm³/mol. The molecule has 1 aromatic heterocycles. The van der Waals surface area contributed by atoms with Crippen LogP contribution in [0, 0.1) is 11.8 Å². The van der Waals surface area contributed by atoms with Gasteiger partial charge in [0.05, 0.1) is 11.5 Å². The quantitative estimate of drug-likeness (QED) is 0.824. The molecule has 0 radical (unpaired) electrons. The van der Waals surface area contributed by atoms with Crippen molar-refractivity contribution in [1.82, 2.24) is 9.88 Å². The van der Waals surface area contributed by atoms with Crippen molar-refractivity contribution in [2.75, 3.05) is 13.1 Å². The molecule has 0 aliphatic carbocycles. The van der Waals surface area contributed by atoms with E-state index in [1.807, 2.05) is 6.92 Å². The third kappa shape index (κ3) is 2.27. The number of carboxylic acids is 1. The van der Waals surface area contributed by atoms with Gasteiger partial charge in [0.25, 0.3) is 5.91 Å². The largest absolute Gasteiger partial charge is 0.481 e. The topological polar surface area (TPSA) is 70.5 Å². The molecule has 1 fully saturated rings. The van der Waals surface area contributed by atoms with Crippen molar-refractivity contribution in [1.29, 1.82) is 0 Å². The summed E-state index contributed by atoms with van der Waals surface area (Å²) in [5, 5.41) is 9.00. The van der Waals surface area contributed by atoms with E-state index in [-0.39, 0.29) is 18.4 Å². The van der Waals surface area contributed by atoms with Gasteiger partial charge in [-0.05, 0) is 18.1 Å². The minimum absolute atomic E-state index is 0.00637. The molecule has 1 N–H and O–H groups in total. The zero-order valence-corrected chi connectivity index (χ0v) is 9.54. The van der Waals surface area contributed by atoms with Gasteiger partial charge in [-0.2, -0.15) is 0 Å². The SMILES string of the molecule is C[C@@H]1CN(C(=O)c2cccnc2)C[C@H]1C(=O)O. The lowest BCUT2D eigenvalue weighted by molar-refractivity contribution is -0.142. The van der Waals surface area contributed by atoms with E-state index < -0.39 is 11.9 Å². The number of aromatic nitrogens is 1. The maximum atomic E-state index is 12.1. The van der Waals surface area contributed by atoms with Crippen molar-refractivity contribution in [3.8, 4) is 0 Å². The lowest BCUT2D eigenvalue weighted by Crippen LogP contribution is -2.29. The van der Waals surface area contributed by atoms with Gasteiger partial charge in [-0.1, -0.05) is 6.92 Å². The molecule has 1 aromatic rings. The van der Waals surface area contributed by atoms with Crippen molar-refractivity contribution in [3.63, 3.8) is 0 Å². The molecular weight excluding hydrogens is 220 g/mol. The van der Waals surface area contributed by atoms with E-state index in [0.717, 1.165) is 0 Å². The normalized spacial score (nSPS) is 23.7. The van der Waals surface area contributed by atoms with Crippen LogP contribution < -0.4 is 0 Å². The summed E-state index contributed by atoms with van der Waals surface area (Å²) in [6.07, 6.45) is 3.10. The van der Waals surface area contributed by atoms with Gasteiger partial charge in [0.1, 0.15) is 0 Å². The summed E-state index contributed by atoms with van der Waals surface area (Å²) in [7, 11) is 0. The maximum Gasteiger partial charge on any atom is 0.308 e. The van der Waals surface area contributed by atoms with Gasteiger partial charge < -0.3 is 10.0 Å². The van der Waals surface area contributed by atoms with Crippen LogP contribution in [0.2, 0.25) is 0 Å². The Labute approximate surface area is 99.1 Å². The van der Waals surface area contributed by atoms with Crippen LogP contribution in [0.25, 0.3) is 0 Å². The van der Waals surface area contributed by atoms with Crippen LogP contribution >= 0.6 is 0 Å². The fraction of sp³-hybridized carbons (Fsp3) is 0.417. The Kier molecular flexibility index (Phi) is 3.08. The minimum atomic E-state index is -0.834. The number of carboxylic acid groups (broad SMARTS) is 1. The number of likely N-dealkylation sites (tertiary alicyclic amines) is 1. The Morgan fingerprint density at radius 3 is 2.76 bits per heavy atom. The lowest BCUT2D eigenvalue weighted by Gasteiger charge is -2.15. The second kappa shape index (κ2) is 4.53. The molecular formula is C12H14N2O3. The molecule has 2 rings (SSSR count). The first-order chi connectivity index (χ1) is 8.09. The molecule has 1 amide bonds. The monoisotopic (exact) mass is 234 g/mol. The first kappa shape index (κ1) is 11.6. The van der Waals surface area contributed by atoms with E-state index in [0.29, 0.717) is 12.1 Å². The molecule has 90 valence electrons. The summed E-state index contributed by atoms with van der Waals surface area (Å²) in [5.41, 5.74) is 0.505. The fourth-order valence-corrected chi connectivity index (χ4v) is 2.13. The molecule has 17 heavy (non-hydrogen) atoms. The molecule has 0 aromatic carbocycles. The molecule has 0 spiro atoms. The molecule has 2 atom stereocenters. The third-order valence-corrected chi connectivity index (χ3v) is 3.13. The Morgan fingerprint density at radius 2 is 2.24 bits per heavy atom. The summed E-state index contributed by atoms with van der Waals surface area (Å²) in [6.45, 7) is 2.63. The zero-order chi connectivity index (χ0) is 12.4. The Balaban J connectivity index is 2.11. The standard InChI is InChI=1S/C12H14N2O3/c1-8-6-14(7-10(8)12(16)17)11(15)9-3-2-4-13-5-9/h2-5,8,10H,6-7H2,1H3,(H,16,17)/t8-,10-/m1/s1. The molecule has 1 aliphatic rings. The van der Waals surface area contributed by atoms with Crippen LogP contribution in [-0.2, 0) is 4.79 Å². The maximum absolute atomic E-state index is 12.1. The highest BCUT2D eigenvalue weighted by Gasteiger charge is 2.37. The van der Waals surface area contributed by atoms with Gasteiger partial charge in [0.2, 0.25) is 0 Å². The fourth-order valence-electron chi connectivity index (χ4n) is 2.13. The van der Waals surface area contributed by atoms with Crippen LogP contribution in [0.3, 0.4) is 0 Å². The summed E-state index contributed by atoms with van der Waals surface area (Å²) in [4.78, 5) is 28.5. The van der Waals surface area contributed by atoms with E-state index in [9.17, 15) is 9.59 Å². The molecule has 0 saturated carbocycles. The summed E-state index contributed by atoms with van der Waals surface area (Å²) in [6, 6.07) is 3.38. The average Bonchev–Trinajstić information content (AvgIpc) is 2.71. The van der Waals surface area contributed by atoms with Crippen LogP contribution in [0.1, 0.15) is 17.3 Å². The van der Waals surface area contributed by atoms with Crippen LogP contribution in [0.4, 0.5) is 0 Å². The lowest BCUT2D eigenvalue weighted by atomic mass is 9.99. The van der Waals surface area contributed by atoms with Gasteiger partial charge in [0, 0.05) is 25.5 Å². The average molecular weight is 234 g/mol. The zero-order valence-electron chi connectivity index (χ0n) is 9.54. The number of rotatable bonds is 2. The number of aliphatic carboxylic acids is 1. The number of hydrogen-bond acceptors (Lipinski definition) is 3. The van der Waals surface area contributed by atoms with E-state index in [4.69, 9.17) is 5.11 Å². The molecule has 0 bridgehead atoms. The number of amides is 1. The Hall–Kier alpha value is -1.91. The van der Waals surface area contributed by atoms with Crippen LogP contribution in [0.15, 0.2) is 24.5 Å². The van der Waals surface area contributed by atoms with Crippen molar-refractivity contribution < 1.29 is 14.7 Å². The highest BCUT2D eigenvalue weighted by Crippen LogP contribution is 2.24. The van der Waals surface area contributed by atoms with E-state index in [1.165, 1.54) is 6.20 Å². The Morgan fingerprint density at radius 1 is 1.47 bits per heavy atom. The van der Waals surface area contributed by atoms with E-state index in [1.54, 1.807) is 23.2 Å². The molecule has 5 heteroatoms. The van der Waals surface area contributed by atoms with Crippen molar-refractivity contribution >= 4 is 11.9 Å². The molecule has 5 nitrogen and oxygen atoms in total. The van der Waals surface area contributed by atoms with Crippen molar-refractivity contribution in [2.45, 2.75) is 6.92 Å². The van der Waals surface area contributed by atoms with Crippen molar-refractivity contribution in [3.05, 3.63) is 30.1 Å². The molecule has 2 heterocycles. The second-order valence-corrected chi connectivity index (χ2v) is 4.37.